The molecular weight excluding hydrogens is 372 g/mol. The number of hydrogen-bond acceptors (Lipinski definition) is 4. The van der Waals surface area contributed by atoms with Crippen LogP contribution in [0.25, 0.3) is 6.08 Å². The molecule has 2 aliphatic rings. The third-order valence-electron chi connectivity index (χ3n) is 4.77. The van der Waals surface area contributed by atoms with Gasteiger partial charge in [-0.1, -0.05) is 12.1 Å². The van der Waals surface area contributed by atoms with E-state index in [1.807, 2.05) is 57.2 Å². The van der Waals surface area contributed by atoms with E-state index in [1.165, 1.54) is 4.90 Å². The Labute approximate surface area is 169 Å². The number of hydrogen-bond donors (Lipinski definition) is 1. The lowest BCUT2D eigenvalue weighted by atomic mass is 10.1. The number of amides is 1. The Morgan fingerprint density at radius 2 is 2.18 bits per heavy atom. The highest BCUT2D eigenvalue weighted by atomic mass is 32.1. The van der Waals surface area contributed by atoms with Crippen molar-refractivity contribution in [3.05, 3.63) is 58.8 Å². The van der Waals surface area contributed by atoms with Gasteiger partial charge in [-0.25, -0.2) is 0 Å². The molecule has 1 saturated heterocycles. The fraction of sp³-hybridized carbons (Fsp3) is 0.273. The first-order valence-electron chi connectivity index (χ1n) is 9.36. The number of carbonyl (C=O) groups is 1. The largest absolute Gasteiger partial charge is 0.493 e. The predicted molar refractivity (Wildman–Crippen MR) is 114 cm³/mol. The average Bonchev–Trinajstić information content (AvgIpc) is 3.13. The first kappa shape index (κ1) is 18.5. The van der Waals surface area contributed by atoms with Gasteiger partial charge < -0.3 is 14.8 Å². The van der Waals surface area contributed by atoms with Gasteiger partial charge in [-0.3, -0.25) is 9.69 Å². The number of fused-ring (bicyclic) bond motifs is 1. The minimum atomic E-state index is -0.187. The molecule has 0 aromatic heterocycles. The van der Waals surface area contributed by atoms with Crippen molar-refractivity contribution in [2.75, 3.05) is 11.5 Å². The lowest BCUT2D eigenvalue weighted by Crippen LogP contribution is -2.30. The Morgan fingerprint density at radius 3 is 2.93 bits per heavy atom. The van der Waals surface area contributed by atoms with Gasteiger partial charge in [0.05, 0.1) is 12.3 Å². The van der Waals surface area contributed by atoms with Crippen molar-refractivity contribution in [2.24, 2.45) is 0 Å². The maximum atomic E-state index is 13.0. The van der Waals surface area contributed by atoms with Crippen molar-refractivity contribution >= 4 is 35.0 Å². The number of rotatable bonds is 4. The molecule has 0 unspecified atom stereocenters. The molecule has 0 saturated carbocycles. The highest BCUT2D eigenvalue weighted by Crippen LogP contribution is 2.36. The van der Waals surface area contributed by atoms with E-state index in [0.717, 1.165) is 40.3 Å². The topological polar surface area (TPSA) is 50.8 Å². The van der Waals surface area contributed by atoms with Crippen LogP contribution in [0.5, 0.6) is 11.5 Å². The second-order valence-electron chi connectivity index (χ2n) is 7.03. The second-order valence-corrected chi connectivity index (χ2v) is 7.42. The summed E-state index contributed by atoms with van der Waals surface area (Å²) in [5, 5.41) is 3.41. The molecule has 0 spiro atoms. The molecule has 144 valence electrons. The summed E-state index contributed by atoms with van der Waals surface area (Å²) in [6.45, 7) is 6.51. The molecule has 0 radical (unpaired) electrons. The Bertz CT molecular complexity index is 999. The molecule has 1 amide bonds. The Morgan fingerprint density at radius 1 is 1.36 bits per heavy atom. The van der Waals surface area contributed by atoms with E-state index in [1.54, 1.807) is 6.08 Å². The van der Waals surface area contributed by atoms with E-state index in [-0.39, 0.29) is 12.0 Å². The molecule has 2 aliphatic heterocycles. The molecule has 1 fully saturated rings. The number of aryl methyl sites for hydroxylation is 1. The van der Waals surface area contributed by atoms with Gasteiger partial charge in [0, 0.05) is 17.5 Å². The molecule has 6 heteroatoms. The SMILES string of the molecule is CCOc1cc2c(cc1/C=C1\NC(=S)N(c3cccc(C)c3)C1=O)O[C@@H](C)C2. The number of thiocarbonyl (C=S) groups is 1. The molecule has 1 N–H and O–H groups in total. The van der Waals surface area contributed by atoms with Crippen LogP contribution >= 0.6 is 12.2 Å². The molecule has 0 bridgehead atoms. The van der Waals surface area contributed by atoms with Gasteiger partial charge >= 0.3 is 0 Å². The minimum Gasteiger partial charge on any atom is -0.493 e. The lowest BCUT2D eigenvalue weighted by Gasteiger charge is -2.14. The van der Waals surface area contributed by atoms with Gasteiger partial charge in [-0.05, 0) is 68.9 Å². The van der Waals surface area contributed by atoms with Crippen LogP contribution in [0.2, 0.25) is 0 Å². The molecule has 28 heavy (non-hydrogen) atoms. The minimum absolute atomic E-state index is 0.142. The van der Waals surface area contributed by atoms with Gasteiger partial charge in [0.15, 0.2) is 5.11 Å². The number of anilines is 1. The standard InChI is InChI=1S/C22H22N2O3S/c1-4-26-19-11-15-9-14(3)27-20(15)12-16(19)10-18-21(25)24(22(28)23-18)17-7-5-6-13(2)8-17/h5-8,10-12,14H,4,9H2,1-3H3,(H,23,28)/b18-10-/t14-/m0/s1. The van der Waals surface area contributed by atoms with E-state index >= 15 is 0 Å². The fourth-order valence-electron chi connectivity index (χ4n) is 3.54. The zero-order valence-electron chi connectivity index (χ0n) is 16.1. The number of carbonyl (C=O) groups excluding carboxylic acids is 1. The monoisotopic (exact) mass is 394 g/mol. The molecule has 2 aromatic carbocycles. The van der Waals surface area contributed by atoms with Gasteiger partial charge in [-0.15, -0.1) is 0 Å². The predicted octanol–water partition coefficient (Wildman–Crippen LogP) is 3.98. The number of benzene rings is 2. The van der Waals surface area contributed by atoms with Crippen LogP contribution in [0.15, 0.2) is 42.1 Å². The smallest absolute Gasteiger partial charge is 0.281 e. The van der Waals surface area contributed by atoms with Crippen LogP contribution < -0.4 is 19.7 Å². The number of nitrogens with zero attached hydrogens (tertiary/aromatic N) is 1. The zero-order valence-corrected chi connectivity index (χ0v) is 16.9. The second kappa shape index (κ2) is 7.28. The summed E-state index contributed by atoms with van der Waals surface area (Å²) in [6.07, 6.45) is 2.78. The van der Waals surface area contributed by atoms with Crippen molar-refractivity contribution in [2.45, 2.75) is 33.3 Å². The van der Waals surface area contributed by atoms with Gasteiger partial charge in [-0.2, -0.15) is 0 Å². The third-order valence-corrected chi connectivity index (χ3v) is 5.05. The van der Waals surface area contributed by atoms with Crippen LogP contribution in [0.3, 0.4) is 0 Å². The summed E-state index contributed by atoms with van der Waals surface area (Å²) >= 11 is 5.41. The Balaban J connectivity index is 1.71. The van der Waals surface area contributed by atoms with Crippen molar-refractivity contribution in [1.29, 1.82) is 0 Å². The molecular formula is C22H22N2O3S. The van der Waals surface area contributed by atoms with Crippen LogP contribution in [0, 0.1) is 6.92 Å². The summed E-state index contributed by atoms with van der Waals surface area (Å²) in [5.41, 5.74) is 4.15. The third kappa shape index (κ3) is 3.36. The first-order valence-corrected chi connectivity index (χ1v) is 9.77. The average molecular weight is 394 g/mol. The maximum Gasteiger partial charge on any atom is 0.281 e. The molecule has 5 nitrogen and oxygen atoms in total. The Kier molecular flexibility index (Phi) is 4.81. The van der Waals surface area contributed by atoms with Gasteiger partial charge in [0.2, 0.25) is 0 Å². The van der Waals surface area contributed by atoms with Crippen LogP contribution in [0.1, 0.15) is 30.5 Å². The van der Waals surface area contributed by atoms with Crippen molar-refractivity contribution in [1.82, 2.24) is 5.32 Å². The summed E-state index contributed by atoms with van der Waals surface area (Å²) in [4.78, 5) is 14.5. The van der Waals surface area contributed by atoms with Crippen LogP contribution in [-0.2, 0) is 11.2 Å². The van der Waals surface area contributed by atoms with Gasteiger partial charge in [0.1, 0.15) is 23.3 Å². The van der Waals surface area contributed by atoms with Crippen molar-refractivity contribution in [3.63, 3.8) is 0 Å². The molecule has 4 rings (SSSR count). The summed E-state index contributed by atoms with van der Waals surface area (Å²) in [6, 6.07) is 11.6. The first-order chi connectivity index (χ1) is 13.5. The fourth-order valence-corrected chi connectivity index (χ4v) is 3.84. The normalized spacial score (nSPS) is 19.6. The molecule has 0 aliphatic carbocycles. The summed E-state index contributed by atoms with van der Waals surface area (Å²) < 4.78 is 11.7. The van der Waals surface area contributed by atoms with E-state index in [0.29, 0.717) is 17.4 Å². The number of nitrogens with one attached hydrogen (secondary N) is 1. The molecule has 1 atom stereocenters. The highest BCUT2D eigenvalue weighted by molar-refractivity contribution is 7.80. The summed E-state index contributed by atoms with van der Waals surface area (Å²) in [7, 11) is 0. The van der Waals surface area contributed by atoms with Crippen LogP contribution in [-0.4, -0.2) is 23.7 Å². The zero-order chi connectivity index (χ0) is 19.8. The summed E-state index contributed by atoms with van der Waals surface area (Å²) in [5.74, 6) is 1.39. The van der Waals surface area contributed by atoms with Gasteiger partial charge in [0.25, 0.3) is 5.91 Å². The van der Waals surface area contributed by atoms with Crippen molar-refractivity contribution in [3.8, 4) is 11.5 Å². The van der Waals surface area contributed by atoms with Crippen molar-refractivity contribution < 1.29 is 14.3 Å². The Hall–Kier alpha value is -2.86. The van der Waals surface area contributed by atoms with E-state index in [4.69, 9.17) is 21.7 Å². The highest BCUT2D eigenvalue weighted by Gasteiger charge is 2.32. The van der Waals surface area contributed by atoms with E-state index < -0.39 is 0 Å². The van der Waals surface area contributed by atoms with E-state index in [9.17, 15) is 4.79 Å². The van der Waals surface area contributed by atoms with Crippen LogP contribution in [0.4, 0.5) is 5.69 Å². The number of ether oxygens (including phenoxy) is 2. The lowest BCUT2D eigenvalue weighted by molar-refractivity contribution is -0.113. The van der Waals surface area contributed by atoms with E-state index in [2.05, 4.69) is 5.32 Å². The molecule has 2 aromatic rings. The molecule has 2 heterocycles. The quantitative estimate of drug-likeness (QED) is 0.628. The maximum absolute atomic E-state index is 13.0.